The molecule has 15 heavy (non-hydrogen) atoms. The second-order valence-corrected chi connectivity index (χ2v) is 4.93. The van der Waals surface area contributed by atoms with Crippen molar-refractivity contribution < 1.29 is 17.2 Å². The van der Waals surface area contributed by atoms with Crippen LogP contribution in [0.1, 0.15) is 12.0 Å². The highest BCUT2D eigenvalue weighted by Crippen LogP contribution is 2.34. The van der Waals surface area contributed by atoms with Crippen LogP contribution in [0.5, 0.6) is 0 Å². The van der Waals surface area contributed by atoms with Crippen LogP contribution < -0.4 is 10.9 Å². The third-order valence-electron chi connectivity index (χ3n) is 1.55. The van der Waals surface area contributed by atoms with Crippen molar-refractivity contribution in [1.82, 2.24) is 4.98 Å². The fourth-order valence-electron chi connectivity index (χ4n) is 1.00. The van der Waals surface area contributed by atoms with Gasteiger partial charge in [-0.25, -0.2) is 27.3 Å². The van der Waals surface area contributed by atoms with Crippen LogP contribution in [0.4, 0.5) is 14.6 Å². The summed E-state index contributed by atoms with van der Waals surface area (Å²) in [5.41, 5.74) is 4.42. The summed E-state index contributed by atoms with van der Waals surface area (Å²) in [5, 5.41) is 4.76. The van der Waals surface area contributed by atoms with Crippen molar-refractivity contribution >= 4 is 31.8 Å². The van der Waals surface area contributed by atoms with Crippen LogP contribution in [0.15, 0.2) is 15.6 Å². The number of alkyl halides is 2. The Hall–Kier alpha value is -0.800. The molecule has 1 aromatic rings. The molecule has 0 radical (unpaired) electrons. The monoisotopic (exact) mass is 301 g/mol. The van der Waals surface area contributed by atoms with E-state index in [1.807, 2.05) is 0 Å². The molecule has 0 aliphatic heterocycles. The maximum absolute atomic E-state index is 12.6. The smallest absolute Gasteiger partial charge is 0.266 e. The predicted molar refractivity (Wildman–Crippen MR) is 52.7 cm³/mol. The van der Waals surface area contributed by atoms with E-state index in [1.54, 1.807) is 0 Å². The number of halogens is 3. The average molecular weight is 302 g/mol. The molecule has 0 bridgehead atoms. The number of hydrogen-bond donors (Lipinski definition) is 2. The molecule has 0 fully saturated rings. The first-order chi connectivity index (χ1) is 6.75. The Morgan fingerprint density at radius 3 is 2.33 bits per heavy atom. The summed E-state index contributed by atoms with van der Waals surface area (Å²) in [6, 6.07) is 0. The molecule has 1 heterocycles. The molecule has 5 nitrogen and oxygen atoms in total. The Bertz CT molecular complexity index is 491. The van der Waals surface area contributed by atoms with Gasteiger partial charge >= 0.3 is 0 Å². The average Bonchev–Trinajstić information content (AvgIpc) is 2.05. The Labute approximate surface area is 92.7 Å². The van der Waals surface area contributed by atoms with Crippen LogP contribution in [0.25, 0.3) is 0 Å². The van der Waals surface area contributed by atoms with Crippen molar-refractivity contribution in [2.45, 2.75) is 11.3 Å². The lowest BCUT2D eigenvalue weighted by Gasteiger charge is -2.10. The van der Waals surface area contributed by atoms with Gasteiger partial charge in [0.25, 0.3) is 6.43 Å². The Morgan fingerprint density at radius 1 is 1.47 bits per heavy atom. The second-order valence-electron chi connectivity index (χ2n) is 2.58. The summed E-state index contributed by atoms with van der Waals surface area (Å²) in [6.07, 6.45) is -2.02. The summed E-state index contributed by atoms with van der Waals surface area (Å²) in [7, 11) is -4.33. The van der Waals surface area contributed by atoms with E-state index < -0.39 is 32.7 Å². The molecule has 0 aliphatic rings. The SMILES string of the molecule is Nc1ncc(Br)c(C(F)F)c1S(N)(=O)=O. The number of sulfonamides is 1. The van der Waals surface area contributed by atoms with Gasteiger partial charge in [-0.3, -0.25) is 0 Å². The zero-order valence-electron chi connectivity index (χ0n) is 7.12. The Balaban J connectivity index is 3.68. The van der Waals surface area contributed by atoms with E-state index >= 15 is 0 Å². The summed E-state index contributed by atoms with van der Waals surface area (Å²) < 4.78 is 47.0. The van der Waals surface area contributed by atoms with Crippen LogP contribution in [0, 0.1) is 0 Å². The molecule has 1 rings (SSSR count). The fourth-order valence-corrected chi connectivity index (χ4v) is 2.46. The molecule has 0 spiro atoms. The molecule has 0 saturated carbocycles. The lowest BCUT2D eigenvalue weighted by molar-refractivity contribution is 0.147. The van der Waals surface area contributed by atoms with Gasteiger partial charge in [0.1, 0.15) is 10.7 Å². The minimum absolute atomic E-state index is 0.157. The van der Waals surface area contributed by atoms with Crippen LogP contribution >= 0.6 is 15.9 Å². The third kappa shape index (κ3) is 2.41. The normalized spacial score (nSPS) is 12.1. The number of nitrogens with zero attached hydrogens (tertiary/aromatic N) is 1. The van der Waals surface area contributed by atoms with Crippen molar-refractivity contribution in [3.63, 3.8) is 0 Å². The van der Waals surface area contributed by atoms with Crippen molar-refractivity contribution in [3.05, 3.63) is 16.2 Å². The van der Waals surface area contributed by atoms with Gasteiger partial charge in [0, 0.05) is 10.7 Å². The van der Waals surface area contributed by atoms with Gasteiger partial charge < -0.3 is 5.73 Å². The van der Waals surface area contributed by atoms with Crippen LogP contribution in [-0.4, -0.2) is 13.4 Å². The molecular formula is C6H6BrF2N3O2S. The first-order valence-electron chi connectivity index (χ1n) is 3.50. The molecule has 0 aromatic carbocycles. The van der Waals surface area contributed by atoms with Gasteiger partial charge in [0.05, 0.1) is 5.56 Å². The number of anilines is 1. The number of aromatic nitrogens is 1. The van der Waals surface area contributed by atoms with E-state index in [0.717, 1.165) is 6.20 Å². The summed E-state index contributed by atoms with van der Waals surface area (Å²) in [6.45, 7) is 0. The largest absolute Gasteiger partial charge is 0.383 e. The molecule has 0 unspecified atom stereocenters. The standard InChI is InChI=1S/C6H6BrF2N3O2S/c7-2-1-12-6(10)4(15(11,13)14)3(2)5(8)9/h1,5H,(H2,10,12)(H2,11,13,14). The van der Waals surface area contributed by atoms with E-state index in [4.69, 9.17) is 10.9 Å². The number of rotatable bonds is 2. The van der Waals surface area contributed by atoms with Crippen LogP contribution in [-0.2, 0) is 10.0 Å². The predicted octanol–water partition coefficient (Wildman–Crippen LogP) is 1.01. The first-order valence-corrected chi connectivity index (χ1v) is 5.84. The molecular weight excluding hydrogens is 296 g/mol. The zero-order chi connectivity index (χ0) is 11.8. The topological polar surface area (TPSA) is 99.1 Å². The molecule has 84 valence electrons. The first kappa shape index (κ1) is 12.3. The van der Waals surface area contributed by atoms with Gasteiger partial charge in [-0.1, -0.05) is 0 Å². The highest BCUT2D eigenvalue weighted by atomic mass is 79.9. The molecule has 0 amide bonds. The lowest BCUT2D eigenvalue weighted by Crippen LogP contribution is -2.18. The minimum Gasteiger partial charge on any atom is -0.383 e. The van der Waals surface area contributed by atoms with Crippen LogP contribution in [0.3, 0.4) is 0 Å². The van der Waals surface area contributed by atoms with Gasteiger partial charge in [-0.2, -0.15) is 0 Å². The quantitative estimate of drug-likeness (QED) is 0.851. The van der Waals surface area contributed by atoms with Crippen LogP contribution in [0.2, 0.25) is 0 Å². The molecule has 0 aliphatic carbocycles. The molecule has 4 N–H and O–H groups in total. The third-order valence-corrected chi connectivity index (χ3v) is 3.18. The van der Waals surface area contributed by atoms with Crippen molar-refractivity contribution in [2.24, 2.45) is 5.14 Å². The maximum Gasteiger partial charge on any atom is 0.266 e. The van der Waals surface area contributed by atoms with E-state index in [9.17, 15) is 17.2 Å². The summed E-state index contributed by atoms with van der Waals surface area (Å²) in [5.74, 6) is -0.545. The Morgan fingerprint density at radius 2 is 2.00 bits per heavy atom. The van der Waals surface area contributed by atoms with Gasteiger partial charge in [0.15, 0.2) is 0 Å². The van der Waals surface area contributed by atoms with E-state index in [0.29, 0.717) is 0 Å². The van der Waals surface area contributed by atoms with Crippen molar-refractivity contribution in [2.75, 3.05) is 5.73 Å². The number of hydrogen-bond acceptors (Lipinski definition) is 4. The van der Waals surface area contributed by atoms with E-state index in [2.05, 4.69) is 20.9 Å². The summed E-state index contributed by atoms with van der Waals surface area (Å²) in [4.78, 5) is 2.59. The Kier molecular flexibility index (Phi) is 3.26. The van der Waals surface area contributed by atoms with E-state index in [1.165, 1.54) is 0 Å². The number of nitrogens with two attached hydrogens (primary N) is 2. The summed E-state index contributed by atoms with van der Waals surface area (Å²) >= 11 is 2.76. The fraction of sp³-hybridized carbons (Fsp3) is 0.167. The number of nitrogen functional groups attached to an aromatic ring is 1. The van der Waals surface area contributed by atoms with Gasteiger partial charge in [-0.05, 0) is 15.9 Å². The molecule has 9 heteroatoms. The zero-order valence-corrected chi connectivity index (χ0v) is 9.52. The molecule has 0 atom stereocenters. The molecule has 1 aromatic heterocycles. The van der Waals surface area contributed by atoms with Gasteiger partial charge in [-0.15, -0.1) is 0 Å². The minimum atomic E-state index is -4.33. The highest BCUT2D eigenvalue weighted by Gasteiger charge is 2.26. The lowest BCUT2D eigenvalue weighted by atomic mass is 10.3. The highest BCUT2D eigenvalue weighted by molar-refractivity contribution is 9.10. The van der Waals surface area contributed by atoms with Crippen molar-refractivity contribution in [1.29, 1.82) is 0 Å². The number of primary sulfonamides is 1. The molecule has 0 saturated heterocycles. The van der Waals surface area contributed by atoms with Crippen molar-refractivity contribution in [3.8, 4) is 0 Å². The van der Waals surface area contributed by atoms with Gasteiger partial charge in [0.2, 0.25) is 10.0 Å². The second kappa shape index (κ2) is 3.99. The maximum atomic E-state index is 12.6. The van der Waals surface area contributed by atoms with E-state index in [-0.39, 0.29) is 4.47 Å². The number of pyridine rings is 1.